The third-order valence-corrected chi connectivity index (χ3v) is 4.07. The molecule has 2 aliphatic rings. The van der Waals surface area contributed by atoms with E-state index in [4.69, 9.17) is 4.74 Å². The number of hydrogen-bond acceptors (Lipinski definition) is 4. The van der Waals surface area contributed by atoms with Gasteiger partial charge in [-0.05, 0) is 23.8 Å². The lowest BCUT2D eigenvalue weighted by molar-refractivity contribution is -0.132. The molecule has 0 radical (unpaired) electrons. The van der Waals surface area contributed by atoms with Crippen molar-refractivity contribution in [2.75, 3.05) is 11.9 Å². The topological polar surface area (TPSA) is 66.9 Å². The van der Waals surface area contributed by atoms with E-state index in [0.717, 1.165) is 11.3 Å². The first-order valence-electron chi connectivity index (χ1n) is 6.78. The van der Waals surface area contributed by atoms with Crippen molar-refractivity contribution in [1.82, 2.24) is 4.90 Å². The van der Waals surface area contributed by atoms with E-state index in [9.17, 15) is 14.4 Å². The summed E-state index contributed by atoms with van der Waals surface area (Å²) in [6.07, 6.45) is 0.0826. The molecule has 2 aliphatic heterocycles. The molecular formula is C15H16N2O4. The van der Waals surface area contributed by atoms with Crippen LogP contribution in [-0.2, 0) is 14.4 Å². The van der Waals surface area contributed by atoms with Gasteiger partial charge in [-0.15, -0.1) is 0 Å². The predicted octanol–water partition coefficient (Wildman–Crippen LogP) is 1.25. The maximum absolute atomic E-state index is 12.0. The molecule has 0 spiro atoms. The van der Waals surface area contributed by atoms with Crippen LogP contribution >= 0.6 is 0 Å². The van der Waals surface area contributed by atoms with Crippen molar-refractivity contribution in [3.05, 3.63) is 23.8 Å². The van der Waals surface area contributed by atoms with Crippen molar-refractivity contribution in [2.45, 2.75) is 32.4 Å². The Labute approximate surface area is 122 Å². The van der Waals surface area contributed by atoms with Crippen LogP contribution in [0.5, 0.6) is 5.75 Å². The van der Waals surface area contributed by atoms with Crippen molar-refractivity contribution >= 4 is 23.5 Å². The fourth-order valence-corrected chi connectivity index (χ4v) is 3.26. The number of fused-ring (bicyclic) bond motifs is 3. The number of ether oxygens (including phenoxy) is 1. The second-order valence-electron chi connectivity index (χ2n) is 5.43. The SMILES string of the molecule is CC(=O)Oc1ccc2c(c1)C1CC(=O)N(C)C1N2C(C)=O. The maximum atomic E-state index is 12.0. The summed E-state index contributed by atoms with van der Waals surface area (Å²) in [5, 5.41) is 0. The smallest absolute Gasteiger partial charge is 0.308 e. The standard InChI is InChI=1S/C15H16N2O4/c1-8(18)17-13-5-4-10(21-9(2)19)6-11(13)12-7-14(20)16(3)15(12)17/h4-6,12,15H,7H2,1-3H3. The van der Waals surface area contributed by atoms with E-state index >= 15 is 0 Å². The molecule has 6 heteroatoms. The molecule has 3 rings (SSSR count). The van der Waals surface area contributed by atoms with Gasteiger partial charge in [-0.2, -0.15) is 0 Å². The highest BCUT2D eigenvalue weighted by atomic mass is 16.5. The lowest BCUT2D eigenvalue weighted by Crippen LogP contribution is -2.45. The van der Waals surface area contributed by atoms with Gasteiger partial charge in [0, 0.05) is 38.9 Å². The van der Waals surface area contributed by atoms with Crippen LogP contribution in [0.25, 0.3) is 0 Å². The minimum atomic E-state index is -0.396. The molecule has 0 N–H and O–H groups in total. The molecule has 21 heavy (non-hydrogen) atoms. The number of benzene rings is 1. The largest absolute Gasteiger partial charge is 0.427 e. The zero-order valence-electron chi connectivity index (χ0n) is 12.1. The zero-order chi connectivity index (χ0) is 15.3. The van der Waals surface area contributed by atoms with Crippen LogP contribution in [0, 0.1) is 0 Å². The Morgan fingerprint density at radius 3 is 2.62 bits per heavy atom. The van der Waals surface area contributed by atoms with E-state index in [1.54, 1.807) is 35.0 Å². The third-order valence-electron chi connectivity index (χ3n) is 4.07. The number of carbonyl (C=O) groups excluding carboxylic acids is 3. The molecule has 0 saturated carbocycles. The van der Waals surface area contributed by atoms with Crippen LogP contribution in [-0.4, -0.2) is 35.9 Å². The van der Waals surface area contributed by atoms with Crippen LogP contribution < -0.4 is 9.64 Å². The van der Waals surface area contributed by atoms with Crippen molar-refractivity contribution < 1.29 is 19.1 Å². The molecule has 1 aromatic carbocycles. The van der Waals surface area contributed by atoms with Gasteiger partial charge in [0.05, 0.1) is 0 Å². The van der Waals surface area contributed by atoms with E-state index in [2.05, 4.69) is 0 Å². The van der Waals surface area contributed by atoms with Crippen molar-refractivity contribution in [2.24, 2.45) is 0 Å². The Balaban J connectivity index is 2.07. The van der Waals surface area contributed by atoms with Crippen molar-refractivity contribution in [3.8, 4) is 5.75 Å². The van der Waals surface area contributed by atoms with E-state index in [-0.39, 0.29) is 23.9 Å². The molecule has 0 aliphatic carbocycles. The highest BCUT2D eigenvalue weighted by molar-refractivity contribution is 5.98. The van der Waals surface area contributed by atoms with E-state index in [0.29, 0.717) is 12.2 Å². The van der Waals surface area contributed by atoms with Gasteiger partial charge in [0.15, 0.2) is 0 Å². The van der Waals surface area contributed by atoms with Gasteiger partial charge in [0.25, 0.3) is 0 Å². The van der Waals surface area contributed by atoms with Crippen molar-refractivity contribution in [3.63, 3.8) is 0 Å². The molecular weight excluding hydrogens is 272 g/mol. The van der Waals surface area contributed by atoms with E-state index in [1.807, 2.05) is 0 Å². The minimum Gasteiger partial charge on any atom is -0.427 e. The summed E-state index contributed by atoms with van der Waals surface area (Å²) in [6.45, 7) is 2.83. The molecule has 2 amide bonds. The summed E-state index contributed by atoms with van der Waals surface area (Å²) in [5.41, 5.74) is 1.67. The third kappa shape index (κ3) is 1.98. The lowest BCUT2D eigenvalue weighted by atomic mass is 9.98. The van der Waals surface area contributed by atoms with Crippen LogP contribution in [0.3, 0.4) is 0 Å². The van der Waals surface area contributed by atoms with Gasteiger partial charge in [-0.25, -0.2) is 0 Å². The minimum absolute atomic E-state index is 0.0137. The zero-order valence-corrected chi connectivity index (χ0v) is 12.1. The molecule has 2 heterocycles. The molecule has 1 aromatic rings. The number of hydrogen-bond donors (Lipinski definition) is 0. The number of anilines is 1. The summed E-state index contributed by atoms with van der Waals surface area (Å²) in [7, 11) is 1.71. The monoisotopic (exact) mass is 288 g/mol. The van der Waals surface area contributed by atoms with E-state index < -0.39 is 5.97 Å². The number of likely N-dealkylation sites (tertiary alicyclic amines) is 1. The Hall–Kier alpha value is -2.37. The molecule has 2 unspecified atom stereocenters. The Morgan fingerprint density at radius 2 is 2.00 bits per heavy atom. The van der Waals surface area contributed by atoms with Crippen LogP contribution in [0.15, 0.2) is 18.2 Å². The van der Waals surface area contributed by atoms with Gasteiger partial charge in [0.1, 0.15) is 11.9 Å². The van der Waals surface area contributed by atoms with Crippen LogP contribution in [0.1, 0.15) is 31.7 Å². The number of esters is 1. The summed E-state index contributed by atoms with van der Waals surface area (Å²) < 4.78 is 5.10. The number of rotatable bonds is 1. The fraction of sp³-hybridized carbons (Fsp3) is 0.400. The number of nitrogens with zero attached hydrogens (tertiary/aromatic N) is 2. The van der Waals surface area contributed by atoms with Gasteiger partial charge in [0.2, 0.25) is 11.8 Å². The quantitative estimate of drug-likeness (QED) is 0.576. The normalized spacial score (nSPS) is 23.1. The average Bonchev–Trinajstić information content (AvgIpc) is 2.85. The number of likely N-dealkylation sites (N-methyl/N-ethyl adjacent to an activating group) is 1. The lowest BCUT2D eigenvalue weighted by Gasteiger charge is -2.29. The molecule has 6 nitrogen and oxygen atoms in total. The summed E-state index contributed by atoms with van der Waals surface area (Å²) >= 11 is 0. The highest BCUT2D eigenvalue weighted by Crippen LogP contribution is 2.48. The number of amides is 2. The molecule has 1 fully saturated rings. The van der Waals surface area contributed by atoms with Gasteiger partial charge < -0.3 is 9.64 Å². The molecule has 110 valence electrons. The first-order valence-corrected chi connectivity index (χ1v) is 6.78. The summed E-state index contributed by atoms with van der Waals surface area (Å²) in [5.74, 6) is -0.123. The maximum Gasteiger partial charge on any atom is 0.308 e. The van der Waals surface area contributed by atoms with Gasteiger partial charge >= 0.3 is 5.97 Å². The molecule has 0 bridgehead atoms. The highest BCUT2D eigenvalue weighted by Gasteiger charge is 2.49. The Bertz CT molecular complexity index is 655. The summed E-state index contributed by atoms with van der Waals surface area (Å²) in [4.78, 5) is 38.2. The van der Waals surface area contributed by atoms with E-state index in [1.165, 1.54) is 13.8 Å². The molecule has 0 aromatic heterocycles. The van der Waals surface area contributed by atoms with Crippen molar-refractivity contribution in [1.29, 1.82) is 0 Å². The number of carbonyl (C=O) groups is 3. The van der Waals surface area contributed by atoms with Gasteiger partial charge in [-0.3, -0.25) is 19.3 Å². The van der Waals surface area contributed by atoms with Crippen LogP contribution in [0.4, 0.5) is 5.69 Å². The second kappa shape index (κ2) is 4.58. The predicted molar refractivity (Wildman–Crippen MR) is 74.8 cm³/mol. The average molecular weight is 288 g/mol. The second-order valence-corrected chi connectivity index (χ2v) is 5.43. The molecule has 2 atom stereocenters. The summed E-state index contributed by atoms with van der Waals surface area (Å²) in [6, 6.07) is 5.19. The first kappa shape index (κ1) is 13.6. The van der Waals surface area contributed by atoms with Crippen LogP contribution in [0.2, 0.25) is 0 Å². The first-order chi connectivity index (χ1) is 9.90. The van der Waals surface area contributed by atoms with Gasteiger partial charge in [-0.1, -0.05) is 0 Å². The Kier molecular flexibility index (Phi) is 2.97. The molecule has 1 saturated heterocycles. The fourth-order valence-electron chi connectivity index (χ4n) is 3.26. The Morgan fingerprint density at radius 1 is 1.29 bits per heavy atom.